The number of benzene rings is 1. The molecule has 0 radical (unpaired) electrons. The lowest BCUT2D eigenvalue weighted by molar-refractivity contribution is -0.146. The largest absolute Gasteiger partial charge is 0.469 e. The zero-order valence-electron chi connectivity index (χ0n) is 9.14. The van der Waals surface area contributed by atoms with Gasteiger partial charge in [0.15, 0.2) is 0 Å². The van der Waals surface area contributed by atoms with Crippen LogP contribution in [-0.2, 0) is 9.53 Å². The summed E-state index contributed by atoms with van der Waals surface area (Å²) in [6.07, 6.45) is 0.683. The van der Waals surface area contributed by atoms with Crippen LogP contribution < -0.4 is 5.73 Å². The molecule has 82 valence electrons. The Hall–Kier alpha value is -1.35. The lowest BCUT2D eigenvalue weighted by atomic mass is 9.92. The molecule has 0 aliphatic heterocycles. The first kappa shape index (κ1) is 11.7. The highest BCUT2D eigenvalue weighted by atomic mass is 16.5. The summed E-state index contributed by atoms with van der Waals surface area (Å²) in [5.41, 5.74) is 6.99. The standard InChI is InChI=1S/C12H17NO2/c1-3-10(12(14)15-2)11(13)9-7-5-4-6-8-9/h4-8,10-11H,3,13H2,1-2H3. The number of ether oxygens (including phenoxy) is 1. The van der Waals surface area contributed by atoms with E-state index in [1.807, 2.05) is 37.3 Å². The summed E-state index contributed by atoms with van der Waals surface area (Å²) in [5, 5.41) is 0. The van der Waals surface area contributed by atoms with Crippen LogP contribution in [0, 0.1) is 5.92 Å². The fourth-order valence-corrected chi connectivity index (χ4v) is 1.63. The molecule has 0 heterocycles. The number of hydrogen-bond acceptors (Lipinski definition) is 3. The first-order chi connectivity index (χ1) is 7.20. The van der Waals surface area contributed by atoms with E-state index in [1.165, 1.54) is 7.11 Å². The second-order valence-corrected chi connectivity index (χ2v) is 3.47. The molecule has 3 heteroatoms. The summed E-state index contributed by atoms with van der Waals surface area (Å²) in [7, 11) is 1.39. The first-order valence-electron chi connectivity index (χ1n) is 5.09. The highest BCUT2D eigenvalue weighted by Gasteiger charge is 2.25. The minimum absolute atomic E-state index is 0.242. The van der Waals surface area contributed by atoms with E-state index in [2.05, 4.69) is 0 Å². The summed E-state index contributed by atoms with van der Waals surface area (Å²) in [6.45, 7) is 1.93. The molecule has 2 atom stereocenters. The van der Waals surface area contributed by atoms with Gasteiger partial charge in [-0.25, -0.2) is 0 Å². The van der Waals surface area contributed by atoms with Crippen molar-refractivity contribution < 1.29 is 9.53 Å². The smallest absolute Gasteiger partial charge is 0.310 e. The van der Waals surface area contributed by atoms with Gasteiger partial charge in [-0.2, -0.15) is 0 Å². The number of rotatable bonds is 4. The third kappa shape index (κ3) is 2.80. The zero-order chi connectivity index (χ0) is 11.3. The van der Waals surface area contributed by atoms with Crippen molar-refractivity contribution in [1.29, 1.82) is 0 Å². The Morgan fingerprint density at radius 2 is 2.00 bits per heavy atom. The molecule has 1 aromatic rings. The lowest BCUT2D eigenvalue weighted by Crippen LogP contribution is -2.28. The topological polar surface area (TPSA) is 52.3 Å². The second-order valence-electron chi connectivity index (χ2n) is 3.47. The Morgan fingerprint density at radius 3 is 2.47 bits per heavy atom. The molecule has 0 aromatic heterocycles. The maximum Gasteiger partial charge on any atom is 0.310 e. The SMILES string of the molecule is CCC(C(=O)OC)C(N)c1ccccc1. The van der Waals surface area contributed by atoms with Crippen LogP contribution in [0.3, 0.4) is 0 Å². The van der Waals surface area contributed by atoms with Crippen LogP contribution in [0.5, 0.6) is 0 Å². The number of esters is 1. The second kappa shape index (κ2) is 5.51. The van der Waals surface area contributed by atoms with Gasteiger partial charge >= 0.3 is 5.97 Å². The van der Waals surface area contributed by atoms with Crippen molar-refractivity contribution in [3.63, 3.8) is 0 Å². The van der Waals surface area contributed by atoms with Gasteiger partial charge in [0.25, 0.3) is 0 Å². The van der Waals surface area contributed by atoms with Crippen molar-refractivity contribution in [3.05, 3.63) is 35.9 Å². The van der Waals surface area contributed by atoms with Gasteiger partial charge in [0.05, 0.1) is 13.0 Å². The summed E-state index contributed by atoms with van der Waals surface area (Å²) in [4.78, 5) is 11.5. The third-order valence-corrected chi connectivity index (χ3v) is 2.56. The number of carbonyl (C=O) groups excluding carboxylic acids is 1. The van der Waals surface area contributed by atoms with E-state index >= 15 is 0 Å². The summed E-state index contributed by atoms with van der Waals surface area (Å²) < 4.78 is 4.73. The molecular formula is C12H17NO2. The minimum Gasteiger partial charge on any atom is -0.469 e. The maximum absolute atomic E-state index is 11.5. The Morgan fingerprint density at radius 1 is 1.40 bits per heavy atom. The molecule has 0 spiro atoms. The van der Waals surface area contributed by atoms with Gasteiger partial charge in [-0.05, 0) is 12.0 Å². The molecule has 0 amide bonds. The van der Waals surface area contributed by atoms with Crippen molar-refractivity contribution in [2.45, 2.75) is 19.4 Å². The van der Waals surface area contributed by atoms with Crippen LogP contribution in [0.1, 0.15) is 24.9 Å². The number of carbonyl (C=O) groups is 1. The van der Waals surface area contributed by atoms with E-state index < -0.39 is 0 Å². The average Bonchev–Trinajstić information content (AvgIpc) is 2.30. The summed E-state index contributed by atoms with van der Waals surface area (Å²) in [6, 6.07) is 9.32. The van der Waals surface area contributed by atoms with E-state index in [0.717, 1.165) is 5.56 Å². The van der Waals surface area contributed by atoms with Gasteiger partial charge < -0.3 is 10.5 Å². The van der Waals surface area contributed by atoms with Crippen LogP contribution in [-0.4, -0.2) is 13.1 Å². The monoisotopic (exact) mass is 207 g/mol. The predicted octanol–water partition coefficient (Wildman–Crippen LogP) is 1.89. The van der Waals surface area contributed by atoms with Crippen LogP contribution in [0.4, 0.5) is 0 Å². The molecular weight excluding hydrogens is 190 g/mol. The maximum atomic E-state index is 11.5. The fourth-order valence-electron chi connectivity index (χ4n) is 1.63. The molecule has 0 aliphatic carbocycles. The Kier molecular flexibility index (Phi) is 4.31. The first-order valence-corrected chi connectivity index (χ1v) is 5.09. The molecule has 0 bridgehead atoms. The molecule has 15 heavy (non-hydrogen) atoms. The number of methoxy groups -OCH3 is 1. The van der Waals surface area contributed by atoms with E-state index in [9.17, 15) is 4.79 Å². The van der Waals surface area contributed by atoms with Crippen molar-refractivity contribution >= 4 is 5.97 Å². The molecule has 2 unspecified atom stereocenters. The Bertz CT molecular complexity index is 311. The Labute approximate surface area is 90.2 Å². The molecule has 1 rings (SSSR count). The Balaban J connectivity index is 2.82. The highest BCUT2D eigenvalue weighted by Crippen LogP contribution is 2.22. The quantitative estimate of drug-likeness (QED) is 0.767. The lowest BCUT2D eigenvalue weighted by Gasteiger charge is -2.20. The van der Waals surface area contributed by atoms with Crippen LogP contribution in [0.15, 0.2) is 30.3 Å². The van der Waals surface area contributed by atoms with Gasteiger partial charge in [-0.15, -0.1) is 0 Å². The zero-order valence-corrected chi connectivity index (χ0v) is 9.14. The highest BCUT2D eigenvalue weighted by molar-refractivity contribution is 5.73. The van der Waals surface area contributed by atoms with E-state index in [4.69, 9.17) is 10.5 Å². The molecule has 2 N–H and O–H groups in total. The normalized spacial score (nSPS) is 14.3. The third-order valence-electron chi connectivity index (χ3n) is 2.56. The van der Waals surface area contributed by atoms with Crippen molar-refractivity contribution in [1.82, 2.24) is 0 Å². The molecule has 0 fully saturated rings. The van der Waals surface area contributed by atoms with Crippen LogP contribution in [0.25, 0.3) is 0 Å². The molecule has 0 saturated heterocycles. The molecule has 0 aliphatic rings. The van der Waals surface area contributed by atoms with Gasteiger partial charge in [0, 0.05) is 6.04 Å². The molecule has 0 saturated carbocycles. The molecule has 1 aromatic carbocycles. The summed E-state index contributed by atoms with van der Waals surface area (Å²) in [5.74, 6) is -0.508. The molecule has 3 nitrogen and oxygen atoms in total. The van der Waals surface area contributed by atoms with E-state index in [0.29, 0.717) is 6.42 Å². The van der Waals surface area contributed by atoms with Gasteiger partial charge in [0.1, 0.15) is 0 Å². The van der Waals surface area contributed by atoms with Crippen molar-refractivity contribution in [2.75, 3.05) is 7.11 Å². The van der Waals surface area contributed by atoms with E-state index in [-0.39, 0.29) is 17.9 Å². The van der Waals surface area contributed by atoms with Gasteiger partial charge in [-0.1, -0.05) is 37.3 Å². The predicted molar refractivity (Wildman–Crippen MR) is 59.2 cm³/mol. The minimum atomic E-state index is -0.288. The fraction of sp³-hybridized carbons (Fsp3) is 0.417. The average molecular weight is 207 g/mol. The van der Waals surface area contributed by atoms with Crippen molar-refractivity contribution in [2.24, 2.45) is 11.7 Å². The number of nitrogens with two attached hydrogens (primary N) is 1. The van der Waals surface area contributed by atoms with Gasteiger partial charge in [0.2, 0.25) is 0 Å². The summed E-state index contributed by atoms with van der Waals surface area (Å²) >= 11 is 0. The van der Waals surface area contributed by atoms with Crippen LogP contribution in [0.2, 0.25) is 0 Å². The van der Waals surface area contributed by atoms with E-state index in [1.54, 1.807) is 0 Å². The number of hydrogen-bond donors (Lipinski definition) is 1. The van der Waals surface area contributed by atoms with Crippen LogP contribution >= 0.6 is 0 Å². The van der Waals surface area contributed by atoms with Gasteiger partial charge in [-0.3, -0.25) is 4.79 Å². The van der Waals surface area contributed by atoms with Crippen molar-refractivity contribution in [3.8, 4) is 0 Å².